The molecule has 184 valence electrons. The van der Waals surface area contributed by atoms with Gasteiger partial charge in [0.15, 0.2) is 27.4 Å². The molecule has 9 nitrogen and oxygen atoms in total. The SMILES string of the molecule is CCS(=O)(=O)c1ccc(Oc2cc3nc(-c4ccccn4)[nH]c3cc2CCn2c(O)ccc2O)cc1. The first-order valence-electron chi connectivity index (χ1n) is 11.4. The number of nitrogens with one attached hydrogen (secondary N) is 1. The second-order valence-corrected chi connectivity index (χ2v) is 10.5. The van der Waals surface area contributed by atoms with Crippen molar-refractivity contribution in [3.8, 4) is 34.8 Å². The molecular formula is C26H24N4O5S. The van der Waals surface area contributed by atoms with E-state index >= 15 is 0 Å². The molecule has 3 heterocycles. The quantitative estimate of drug-likeness (QED) is 0.280. The van der Waals surface area contributed by atoms with Crippen LogP contribution >= 0.6 is 0 Å². The van der Waals surface area contributed by atoms with Crippen LogP contribution in [0.5, 0.6) is 23.3 Å². The monoisotopic (exact) mass is 504 g/mol. The second-order valence-electron chi connectivity index (χ2n) is 8.21. The fourth-order valence-electron chi connectivity index (χ4n) is 3.91. The summed E-state index contributed by atoms with van der Waals surface area (Å²) < 4.78 is 31.8. The smallest absolute Gasteiger partial charge is 0.193 e. The molecule has 3 aromatic heterocycles. The number of ether oxygens (including phenoxy) is 1. The molecule has 5 aromatic rings. The number of nitrogens with zero attached hydrogens (tertiary/aromatic N) is 3. The third-order valence-electron chi connectivity index (χ3n) is 5.90. The summed E-state index contributed by atoms with van der Waals surface area (Å²) in [5.74, 6) is 1.55. The Kier molecular flexibility index (Phi) is 6.11. The second kappa shape index (κ2) is 9.38. The zero-order valence-electron chi connectivity index (χ0n) is 19.4. The van der Waals surface area contributed by atoms with E-state index in [1.807, 2.05) is 24.3 Å². The van der Waals surface area contributed by atoms with Crippen LogP contribution in [0.25, 0.3) is 22.6 Å². The third-order valence-corrected chi connectivity index (χ3v) is 7.65. The number of hydrogen-bond acceptors (Lipinski definition) is 7. The normalized spacial score (nSPS) is 11.7. The molecule has 0 bridgehead atoms. The summed E-state index contributed by atoms with van der Waals surface area (Å²) in [5, 5.41) is 20.1. The van der Waals surface area contributed by atoms with E-state index in [0.29, 0.717) is 41.5 Å². The summed E-state index contributed by atoms with van der Waals surface area (Å²) in [6.07, 6.45) is 2.13. The molecule has 0 aliphatic heterocycles. The van der Waals surface area contributed by atoms with Crippen molar-refractivity contribution < 1.29 is 23.4 Å². The number of aromatic amines is 1. The van der Waals surface area contributed by atoms with Crippen LogP contribution < -0.4 is 4.74 Å². The third kappa shape index (κ3) is 4.63. The predicted octanol–water partition coefficient (Wildman–Crippen LogP) is 4.67. The van der Waals surface area contributed by atoms with Gasteiger partial charge in [-0.05, 0) is 54.4 Å². The molecule has 2 aromatic carbocycles. The molecule has 36 heavy (non-hydrogen) atoms. The first kappa shape index (κ1) is 23.4. The Balaban J connectivity index is 1.51. The van der Waals surface area contributed by atoms with Crippen molar-refractivity contribution in [2.24, 2.45) is 0 Å². The maximum absolute atomic E-state index is 12.1. The van der Waals surface area contributed by atoms with E-state index in [1.54, 1.807) is 31.3 Å². The van der Waals surface area contributed by atoms with Gasteiger partial charge in [-0.1, -0.05) is 13.0 Å². The summed E-state index contributed by atoms with van der Waals surface area (Å²) in [6.45, 7) is 1.91. The highest BCUT2D eigenvalue weighted by atomic mass is 32.2. The lowest BCUT2D eigenvalue weighted by atomic mass is 10.1. The van der Waals surface area contributed by atoms with Crippen molar-refractivity contribution in [1.82, 2.24) is 19.5 Å². The van der Waals surface area contributed by atoms with Crippen molar-refractivity contribution >= 4 is 20.9 Å². The Bertz CT molecular complexity index is 1610. The van der Waals surface area contributed by atoms with E-state index in [-0.39, 0.29) is 22.4 Å². The Morgan fingerprint density at radius 3 is 2.42 bits per heavy atom. The summed E-state index contributed by atoms with van der Waals surface area (Å²) in [4.78, 5) is 12.5. The van der Waals surface area contributed by atoms with Gasteiger partial charge in [0.25, 0.3) is 0 Å². The minimum Gasteiger partial charge on any atom is -0.494 e. The van der Waals surface area contributed by atoms with Crippen molar-refractivity contribution in [1.29, 1.82) is 0 Å². The molecule has 0 aliphatic carbocycles. The molecule has 0 saturated carbocycles. The van der Waals surface area contributed by atoms with Gasteiger partial charge in [0.2, 0.25) is 0 Å². The summed E-state index contributed by atoms with van der Waals surface area (Å²) in [7, 11) is -3.32. The molecule has 0 fully saturated rings. The molecular weight excluding hydrogens is 480 g/mol. The average Bonchev–Trinajstić information content (AvgIpc) is 3.45. The number of aryl methyl sites for hydroxylation is 1. The predicted molar refractivity (Wildman–Crippen MR) is 135 cm³/mol. The number of H-pyrrole nitrogens is 1. The molecule has 3 N–H and O–H groups in total. The van der Waals surface area contributed by atoms with Gasteiger partial charge in [-0.3, -0.25) is 9.55 Å². The van der Waals surface area contributed by atoms with Crippen LogP contribution in [0.3, 0.4) is 0 Å². The molecule has 0 atom stereocenters. The van der Waals surface area contributed by atoms with Gasteiger partial charge >= 0.3 is 0 Å². The number of sulfone groups is 1. The van der Waals surface area contributed by atoms with Gasteiger partial charge in [0.05, 0.1) is 21.7 Å². The number of aromatic nitrogens is 4. The van der Waals surface area contributed by atoms with E-state index in [0.717, 1.165) is 11.1 Å². The van der Waals surface area contributed by atoms with E-state index in [4.69, 9.17) is 4.74 Å². The summed E-state index contributed by atoms with van der Waals surface area (Å²) in [6, 6.07) is 18.4. The van der Waals surface area contributed by atoms with Crippen LogP contribution in [0.1, 0.15) is 12.5 Å². The summed E-state index contributed by atoms with van der Waals surface area (Å²) >= 11 is 0. The van der Waals surface area contributed by atoms with E-state index < -0.39 is 9.84 Å². The molecule has 10 heteroatoms. The fourth-order valence-corrected chi connectivity index (χ4v) is 4.80. The van der Waals surface area contributed by atoms with Crippen LogP contribution in [0.4, 0.5) is 0 Å². The van der Waals surface area contributed by atoms with Gasteiger partial charge in [0, 0.05) is 30.9 Å². The molecule has 0 saturated heterocycles. The topological polar surface area (TPSA) is 130 Å². The van der Waals surface area contributed by atoms with Crippen molar-refractivity contribution in [3.63, 3.8) is 0 Å². The van der Waals surface area contributed by atoms with Crippen molar-refractivity contribution in [3.05, 3.63) is 78.5 Å². The number of imidazole rings is 1. The van der Waals surface area contributed by atoms with Crippen LogP contribution in [0.15, 0.2) is 77.8 Å². The van der Waals surface area contributed by atoms with E-state index in [2.05, 4.69) is 15.0 Å². The maximum Gasteiger partial charge on any atom is 0.193 e. The lowest BCUT2D eigenvalue weighted by molar-refractivity contribution is 0.367. The van der Waals surface area contributed by atoms with E-state index in [9.17, 15) is 18.6 Å². The number of aromatic hydroxyl groups is 2. The fraction of sp³-hybridized carbons (Fsp3) is 0.154. The average molecular weight is 505 g/mol. The molecule has 0 unspecified atom stereocenters. The minimum atomic E-state index is -3.32. The van der Waals surface area contributed by atoms with Crippen LogP contribution in [-0.4, -0.2) is 43.9 Å². The highest BCUT2D eigenvalue weighted by Gasteiger charge is 2.16. The summed E-state index contributed by atoms with van der Waals surface area (Å²) in [5.41, 5.74) is 2.96. The maximum atomic E-state index is 12.1. The molecule has 0 aliphatic rings. The molecule has 0 radical (unpaired) electrons. The lowest BCUT2D eigenvalue weighted by Gasteiger charge is -2.13. The van der Waals surface area contributed by atoms with Gasteiger partial charge in [0.1, 0.15) is 17.2 Å². The Morgan fingerprint density at radius 1 is 1.00 bits per heavy atom. The number of pyridine rings is 1. The molecule has 5 rings (SSSR count). The molecule has 0 spiro atoms. The Hall–Kier alpha value is -4.31. The highest BCUT2D eigenvalue weighted by molar-refractivity contribution is 7.91. The van der Waals surface area contributed by atoms with E-state index in [1.165, 1.54) is 28.8 Å². The van der Waals surface area contributed by atoms with Crippen LogP contribution in [-0.2, 0) is 22.8 Å². The van der Waals surface area contributed by atoms with Gasteiger partial charge in [-0.25, -0.2) is 13.4 Å². The Morgan fingerprint density at radius 2 is 1.75 bits per heavy atom. The number of hydrogen-bond donors (Lipinski definition) is 3. The number of fused-ring (bicyclic) bond motifs is 1. The van der Waals surface area contributed by atoms with Gasteiger partial charge < -0.3 is 19.9 Å². The lowest BCUT2D eigenvalue weighted by Crippen LogP contribution is -2.03. The standard InChI is InChI=1S/C26H24N4O5S/c1-2-36(33,34)19-8-6-18(7-9-19)35-23-16-22-21(28-26(29-22)20-5-3-4-13-27-20)15-17(23)12-14-30-24(31)10-11-25(30)32/h3-11,13,15-16,31-32H,2,12,14H2,1H3,(H,28,29). The first-order chi connectivity index (χ1) is 17.3. The van der Waals surface area contributed by atoms with Gasteiger partial charge in [-0.15, -0.1) is 0 Å². The molecule has 0 amide bonds. The van der Waals surface area contributed by atoms with Crippen molar-refractivity contribution in [2.75, 3.05) is 5.75 Å². The minimum absolute atomic E-state index is 0.0187. The van der Waals surface area contributed by atoms with Crippen LogP contribution in [0, 0.1) is 0 Å². The zero-order chi connectivity index (χ0) is 25.3. The largest absolute Gasteiger partial charge is 0.494 e. The van der Waals surface area contributed by atoms with Crippen LogP contribution in [0.2, 0.25) is 0 Å². The van der Waals surface area contributed by atoms with Gasteiger partial charge in [-0.2, -0.15) is 0 Å². The van der Waals surface area contributed by atoms with Crippen molar-refractivity contribution in [2.45, 2.75) is 24.8 Å². The number of rotatable bonds is 8. The highest BCUT2D eigenvalue weighted by Crippen LogP contribution is 2.32. The Labute approximate surface area is 207 Å². The first-order valence-corrected chi connectivity index (χ1v) is 13.0. The number of benzene rings is 2. The zero-order valence-corrected chi connectivity index (χ0v) is 20.2.